The molecule has 1 aromatic carbocycles. The highest BCUT2D eigenvalue weighted by molar-refractivity contribution is 5.92. The molecule has 176 valence electrons. The molecule has 2 aliphatic rings. The lowest BCUT2D eigenvalue weighted by molar-refractivity contribution is -0.137. The normalized spacial score (nSPS) is 17.6. The summed E-state index contributed by atoms with van der Waals surface area (Å²) in [4.78, 5) is 28.3. The van der Waals surface area contributed by atoms with Crippen LogP contribution in [0, 0.1) is 5.92 Å². The molecule has 1 saturated heterocycles. The summed E-state index contributed by atoms with van der Waals surface area (Å²) in [6, 6.07) is 3.33. The van der Waals surface area contributed by atoms with Crippen LogP contribution in [0.2, 0.25) is 0 Å². The first kappa shape index (κ1) is 23.9. The van der Waals surface area contributed by atoms with Crippen LogP contribution in [0.3, 0.4) is 0 Å². The van der Waals surface area contributed by atoms with E-state index in [4.69, 9.17) is 0 Å². The minimum atomic E-state index is -3.17. The number of nitrogens with zero attached hydrogens (tertiary/aromatic N) is 2. The predicted molar refractivity (Wildman–Crippen MR) is 108 cm³/mol. The van der Waals surface area contributed by atoms with Gasteiger partial charge < -0.3 is 19.3 Å². The summed E-state index contributed by atoms with van der Waals surface area (Å²) in [5, 5.41) is 0. The van der Waals surface area contributed by atoms with E-state index in [1.165, 1.54) is 37.1 Å². The highest BCUT2D eigenvalue weighted by Crippen LogP contribution is 2.29. The molecule has 0 unspecified atom stereocenters. The number of alkyl halides is 4. The molecule has 0 radical (unpaired) electrons. The minimum Gasteiger partial charge on any atom is -0.435 e. The molecule has 1 heterocycles. The van der Waals surface area contributed by atoms with Gasteiger partial charge in [0.1, 0.15) is 11.5 Å². The molecule has 0 spiro atoms. The average Bonchev–Trinajstić information content (AvgIpc) is 3.25. The van der Waals surface area contributed by atoms with Crippen LogP contribution in [0.4, 0.5) is 17.6 Å². The molecule has 0 atom stereocenters. The Balaban J connectivity index is 1.56. The Morgan fingerprint density at radius 3 is 2.22 bits per heavy atom. The highest BCUT2D eigenvalue weighted by atomic mass is 19.3. The average molecular weight is 458 g/mol. The van der Waals surface area contributed by atoms with Gasteiger partial charge >= 0.3 is 13.2 Å². The predicted octanol–water partition coefficient (Wildman–Crippen LogP) is 4.15. The zero-order chi connectivity index (χ0) is 23.1. The number of hydrogen-bond donors (Lipinski definition) is 0. The molecule has 0 aromatic heterocycles. The summed E-state index contributed by atoms with van der Waals surface area (Å²) in [6.45, 7) is -4.63. The molecule has 3 rings (SSSR count). The quantitative estimate of drug-likeness (QED) is 0.434. The smallest absolute Gasteiger partial charge is 0.387 e. The zero-order valence-electron chi connectivity index (χ0n) is 17.5. The maximum absolute atomic E-state index is 12.7. The second-order valence-electron chi connectivity index (χ2n) is 7.85. The van der Waals surface area contributed by atoms with Crippen molar-refractivity contribution in [3.63, 3.8) is 0 Å². The summed E-state index contributed by atoms with van der Waals surface area (Å²) < 4.78 is 58.6. The lowest BCUT2D eigenvalue weighted by Crippen LogP contribution is -2.50. The third-order valence-electron chi connectivity index (χ3n) is 5.71. The summed E-state index contributed by atoms with van der Waals surface area (Å²) in [6.07, 6.45) is 7.60. The van der Waals surface area contributed by atoms with Crippen LogP contribution in [0.5, 0.6) is 11.5 Å². The number of amides is 2. The van der Waals surface area contributed by atoms with Crippen LogP contribution in [0.25, 0.3) is 6.08 Å². The van der Waals surface area contributed by atoms with Crippen molar-refractivity contribution in [3.8, 4) is 11.5 Å². The van der Waals surface area contributed by atoms with Crippen LogP contribution in [0.1, 0.15) is 37.7 Å². The van der Waals surface area contributed by atoms with Crippen molar-refractivity contribution >= 4 is 17.9 Å². The second kappa shape index (κ2) is 11.2. The number of benzene rings is 1. The van der Waals surface area contributed by atoms with Crippen LogP contribution in [0.15, 0.2) is 24.3 Å². The summed E-state index contributed by atoms with van der Waals surface area (Å²) in [5.41, 5.74) is 0.116. The molecular formula is C22H26F4N2O4. The SMILES string of the molecule is O=C(/C=C/c1ccc(OC(F)F)cc1OC(F)F)N1CCN(C(=O)CC2CCCC2)CC1. The molecular weight excluding hydrogens is 432 g/mol. The Labute approximate surface area is 183 Å². The van der Waals surface area contributed by atoms with E-state index in [1.807, 2.05) is 0 Å². The molecule has 1 saturated carbocycles. The van der Waals surface area contributed by atoms with Crippen LogP contribution >= 0.6 is 0 Å². The van der Waals surface area contributed by atoms with Crippen molar-refractivity contribution in [1.29, 1.82) is 0 Å². The first-order valence-electron chi connectivity index (χ1n) is 10.6. The van der Waals surface area contributed by atoms with Gasteiger partial charge in [0.15, 0.2) is 0 Å². The van der Waals surface area contributed by atoms with Crippen molar-refractivity contribution in [2.75, 3.05) is 26.2 Å². The maximum atomic E-state index is 12.7. The Hall–Kier alpha value is -2.78. The fourth-order valence-electron chi connectivity index (χ4n) is 4.06. The molecule has 2 fully saturated rings. The van der Waals surface area contributed by atoms with Gasteiger partial charge in [-0.1, -0.05) is 12.8 Å². The van der Waals surface area contributed by atoms with Crippen molar-refractivity contribution < 1.29 is 36.6 Å². The van der Waals surface area contributed by atoms with Gasteiger partial charge in [0.2, 0.25) is 11.8 Å². The Morgan fingerprint density at radius 1 is 0.969 bits per heavy atom. The Kier molecular flexibility index (Phi) is 8.35. The van der Waals surface area contributed by atoms with Crippen LogP contribution in [-0.4, -0.2) is 61.0 Å². The van der Waals surface area contributed by atoms with Gasteiger partial charge in [-0.3, -0.25) is 9.59 Å². The molecule has 0 bridgehead atoms. The number of ether oxygens (including phenoxy) is 2. The van der Waals surface area contributed by atoms with E-state index in [2.05, 4.69) is 9.47 Å². The molecule has 1 aliphatic carbocycles. The first-order valence-corrected chi connectivity index (χ1v) is 10.6. The second-order valence-corrected chi connectivity index (χ2v) is 7.85. The molecule has 1 aromatic rings. The van der Waals surface area contributed by atoms with Gasteiger partial charge in [-0.05, 0) is 37.0 Å². The van der Waals surface area contributed by atoms with Crippen molar-refractivity contribution in [3.05, 3.63) is 29.8 Å². The van der Waals surface area contributed by atoms with E-state index in [1.54, 1.807) is 9.80 Å². The molecule has 0 N–H and O–H groups in total. The number of halogens is 4. The standard InChI is InChI=1S/C22H26F4N2O4/c23-21(24)31-17-7-5-16(18(14-17)32-22(25)26)6-8-19(29)27-9-11-28(12-10-27)20(30)13-15-3-1-2-4-15/h5-8,14-15,21-22H,1-4,9-13H2/b8-6+. The molecule has 32 heavy (non-hydrogen) atoms. The Bertz CT molecular complexity index is 820. The number of piperazine rings is 1. The topological polar surface area (TPSA) is 59.1 Å². The molecule has 10 heteroatoms. The highest BCUT2D eigenvalue weighted by Gasteiger charge is 2.26. The third kappa shape index (κ3) is 6.86. The summed E-state index contributed by atoms with van der Waals surface area (Å²) >= 11 is 0. The van der Waals surface area contributed by atoms with Gasteiger partial charge in [0.25, 0.3) is 0 Å². The van der Waals surface area contributed by atoms with Gasteiger partial charge in [-0.25, -0.2) is 0 Å². The zero-order valence-corrected chi connectivity index (χ0v) is 17.5. The monoisotopic (exact) mass is 458 g/mol. The Morgan fingerprint density at radius 2 is 1.59 bits per heavy atom. The maximum Gasteiger partial charge on any atom is 0.387 e. The fraction of sp³-hybridized carbons (Fsp3) is 0.545. The van der Waals surface area contributed by atoms with E-state index < -0.39 is 13.2 Å². The van der Waals surface area contributed by atoms with E-state index in [0.717, 1.165) is 18.9 Å². The minimum absolute atomic E-state index is 0.116. The third-order valence-corrected chi connectivity index (χ3v) is 5.71. The van der Waals surface area contributed by atoms with Gasteiger partial charge in [0.05, 0.1) is 0 Å². The van der Waals surface area contributed by atoms with E-state index in [9.17, 15) is 27.2 Å². The van der Waals surface area contributed by atoms with E-state index >= 15 is 0 Å². The summed E-state index contributed by atoms with van der Waals surface area (Å²) in [5.74, 6) is -0.475. The van der Waals surface area contributed by atoms with Crippen molar-refractivity contribution in [1.82, 2.24) is 9.80 Å². The number of carbonyl (C=O) groups excluding carboxylic acids is 2. The van der Waals surface area contributed by atoms with Gasteiger partial charge in [-0.2, -0.15) is 17.6 Å². The van der Waals surface area contributed by atoms with Crippen LogP contribution < -0.4 is 9.47 Å². The molecule has 2 amide bonds. The van der Waals surface area contributed by atoms with Gasteiger partial charge in [-0.15, -0.1) is 0 Å². The lowest BCUT2D eigenvalue weighted by Gasteiger charge is -2.34. The van der Waals surface area contributed by atoms with E-state index in [0.29, 0.717) is 38.5 Å². The van der Waals surface area contributed by atoms with Crippen LogP contribution in [-0.2, 0) is 9.59 Å². The summed E-state index contributed by atoms with van der Waals surface area (Å²) in [7, 11) is 0. The lowest BCUT2D eigenvalue weighted by atomic mass is 10.0. The largest absolute Gasteiger partial charge is 0.435 e. The number of carbonyl (C=O) groups is 2. The van der Waals surface area contributed by atoms with E-state index in [-0.39, 0.29) is 28.9 Å². The number of rotatable bonds is 8. The van der Waals surface area contributed by atoms with Crippen molar-refractivity contribution in [2.45, 2.75) is 45.3 Å². The first-order chi connectivity index (χ1) is 15.3. The molecule has 6 nitrogen and oxygen atoms in total. The fourth-order valence-corrected chi connectivity index (χ4v) is 4.06. The number of hydrogen-bond acceptors (Lipinski definition) is 4. The van der Waals surface area contributed by atoms with Gasteiger partial charge in [0, 0.05) is 50.3 Å². The molecule has 1 aliphatic heterocycles. The van der Waals surface area contributed by atoms with Crippen molar-refractivity contribution in [2.24, 2.45) is 5.92 Å².